The fraction of sp³-hybridized carbons (Fsp3) is 0.190. The Morgan fingerprint density at radius 1 is 1.15 bits per heavy atom. The van der Waals surface area contributed by atoms with Crippen molar-refractivity contribution in [1.29, 1.82) is 0 Å². The van der Waals surface area contributed by atoms with Gasteiger partial charge in [-0.15, -0.1) is 0 Å². The second-order valence-electron chi connectivity index (χ2n) is 5.99. The number of thioether (sulfide) groups is 1. The molecule has 0 aliphatic carbocycles. The van der Waals surface area contributed by atoms with Crippen molar-refractivity contribution in [2.24, 2.45) is 0 Å². The third-order valence-corrected chi connectivity index (χ3v) is 5.56. The van der Waals surface area contributed by atoms with Gasteiger partial charge in [0.15, 0.2) is 5.78 Å². The number of para-hydroxylation sites is 2. The van der Waals surface area contributed by atoms with E-state index in [9.17, 15) is 4.79 Å². The Bertz CT molecular complexity index is 919. The molecule has 0 fully saturated rings. The summed E-state index contributed by atoms with van der Waals surface area (Å²) < 4.78 is 11.6. The van der Waals surface area contributed by atoms with Gasteiger partial charge in [0.1, 0.15) is 5.75 Å². The standard InChI is InChI=1S/C21H19NO3S/c1-3-24-21-15(20(23)14-8-4-6-10-17(14)25-21)12-13-19-22(2)16-9-5-7-11-18(16)26-19/h4-13,21H,3H2,1-2H3/b15-12+,19-13+/t21-/m0/s1. The molecule has 0 amide bonds. The molecular weight excluding hydrogens is 346 g/mol. The van der Waals surface area contributed by atoms with Gasteiger partial charge in [0.05, 0.1) is 21.9 Å². The Morgan fingerprint density at radius 2 is 1.92 bits per heavy atom. The second-order valence-corrected chi connectivity index (χ2v) is 7.05. The number of allylic oxidation sites excluding steroid dienone is 2. The fourth-order valence-electron chi connectivity index (χ4n) is 3.06. The van der Waals surface area contributed by atoms with Crippen LogP contribution in [0.2, 0.25) is 0 Å². The number of fused-ring (bicyclic) bond motifs is 2. The molecule has 1 atom stereocenters. The van der Waals surface area contributed by atoms with Crippen molar-refractivity contribution in [2.45, 2.75) is 18.1 Å². The lowest BCUT2D eigenvalue weighted by Gasteiger charge is -2.27. The van der Waals surface area contributed by atoms with E-state index < -0.39 is 6.29 Å². The molecule has 2 heterocycles. The lowest BCUT2D eigenvalue weighted by Crippen LogP contribution is -2.32. The number of hydrogen-bond donors (Lipinski definition) is 0. The first-order valence-electron chi connectivity index (χ1n) is 8.53. The molecule has 26 heavy (non-hydrogen) atoms. The van der Waals surface area contributed by atoms with Gasteiger partial charge in [-0.3, -0.25) is 4.79 Å². The van der Waals surface area contributed by atoms with E-state index in [4.69, 9.17) is 9.47 Å². The number of nitrogens with zero attached hydrogens (tertiary/aromatic N) is 1. The van der Waals surface area contributed by atoms with Crippen LogP contribution < -0.4 is 9.64 Å². The van der Waals surface area contributed by atoms with E-state index in [-0.39, 0.29) is 5.78 Å². The summed E-state index contributed by atoms with van der Waals surface area (Å²) in [5, 5.41) is 1.06. The normalized spacial score (nSPS) is 21.7. The molecule has 4 nitrogen and oxygen atoms in total. The molecule has 132 valence electrons. The number of hydrogen-bond acceptors (Lipinski definition) is 5. The summed E-state index contributed by atoms with van der Waals surface area (Å²) in [6.45, 7) is 2.36. The van der Waals surface area contributed by atoms with Crippen LogP contribution in [0.4, 0.5) is 5.69 Å². The Hall–Kier alpha value is -2.50. The van der Waals surface area contributed by atoms with Crippen LogP contribution >= 0.6 is 11.8 Å². The van der Waals surface area contributed by atoms with E-state index in [2.05, 4.69) is 17.0 Å². The van der Waals surface area contributed by atoms with Crippen LogP contribution in [0.3, 0.4) is 0 Å². The van der Waals surface area contributed by atoms with Gasteiger partial charge in [-0.25, -0.2) is 0 Å². The Kier molecular flexibility index (Phi) is 4.57. The second kappa shape index (κ2) is 7.02. The SMILES string of the molecule is CCO[C@H]1Oc2ccccc2C(=O)/C1=C\C=C1\Sc2ccccc2N1C. The minimum Gasteiger partial charge on any atom is -0.460 e. The number of ketones is 1. The van der Waals surface area contributed by atoms with Gasteiger partial charge in [-0.1, -0.05) is 36.0 Å². The van der Waals surface area contributed by atoms with Gasteiger partial charge in [0.25, 0.3) is 0 Å². The van der Waals surface area contributed by atoms with Crippen molar-refractivity contribution < 1.29 is 14.3 Å². The minimum absolute atomic E-state index is 0.0506. The number of rotatable bonds is 3. The van der Waals surface area contributed by atoms with Gasteiger partial charge in [-0.05, 0) is 43.3 Å². The molecule has 0 aromatic heterocycles. The topological polar surface area (TPSA) is 38.8 Å². The number of Topliss-reactive ketones (excluding diaryl/α,β-unsaturated/α-hetero) is 1. The fourth-order valence-corrected chi connectivity index (χ4v) is 4.11. The summed E-state index contributed by atoms with van der Waals surface area (Å²) >= 11 is 1.68. The summed E-state index contributed by atoms with van der Waals surface area (Å²) in [6, 6.07) is 15.5. The molecule has 0 saturated heterocycles. The van der Waals surface area contributed by atoms with Crippen LogP contribution in [0, 0.1) is 0 Å². The average molecular weight is 365 g/mol. The summed E-state index contributed by atoms with van der Waals surface area (Å²) in [4.78, 5) is 16.3. The van der Waals surface area contributed by atoms with Crippen molar-refractivity contribution in [3.63, 3.8) is 0 Å². The van der Waals surface area contributed by atoms with E-state index in [1.54, 1.807) is 23.9 Å². The van der Waals surface area contributed by atoms with E-state index >= 15 is 0 Å². The third kappa shape index (κ3) is 2.93. The quantitative estimate of drug-likeness (QED) is 0.741. The Labute approximate surface area is 157 Å². The highest BCUT2D eigenvalue weighted by atomic mass is 32.2. The zero-order valence-corrected chi connectivity index (χ0v) is 15.5. The molecule has 2 aromatic rings. The zero-order chi connectivity index (χ0) is 18.1. The maximum absolute atomic E-state index is 12.9. The van der Waals surface area contributed by atoms with E-state index in [0.29, 0.717) is 23.5 Å². The maximum atomic E-state index is 12.9. The van der Waals surface area contributed by atoms with Crippen LogP contribution in [0.1, 0.15) is 17.3 Å². The lowest BCUT2D eigenvalue weighted by molar-refractivity contribution is -0.0508. The first-order valence-corrected chi connectivity index (χ1v) is 9.35. The van der Waals surface area contributed by atoms with Crippen LogP contribution in [0.5, 0.6) is 5.75 Å². The van der Waals surface area contributed by atoms with E-state index in [1.165, 1.54) is 10.6 Å². The van der Waals surface area contributed by atoms with Crippen molar-refractivity contribution in [3.8, 4) is 5.75 Å². The highest BCUT2D eigenvalue weighted by molar-refractivity contribution is 8.03. The summed E-state index contributed by atoms with van der Waals surface area (Å²) in [5.74, 6) is 0.519. The number of ether oxygens (including phenoxy) is 2. The van der Waals surface area contributed by atoms with Crippen LogP contribution in [-0.4, -0.2) is 25.7 Å². The maximum Gasteiger partial charge on any atom is 0.230 e. The number of benzene rings is 2. The van der Waals surface area contributed by atoms with Gasteiger partial charge < -0.3 is 14.4 Å². The minimum atomic E-state index is -0.682. The molecule has 2 aliphatic heterocycles. The van der Waals surface area contributed by atoms with Gasteiger partial charge >= 0.3 is 0 Å². The first-order chi connectivity index (χ1) is 12.7. The molecule has 0 N–H and O–H groups in total. The average Bonchev–Trinajstić information content (AvgIpc) is 2.98. The molecule has 5 heteroatoms. The molecule has 0 saturated carbocycles. The number of carbonyl (C=O) groups is 1. The van der Waals surface area contributed by atoms with Gasteiger partial charge in [-0.2, -0.15) is 0 Å². The summed E-state index contributed by atoms with van der Waals surface area (Å²) in [6.07, 6.45) is 3.10. The molecule has 0 radical (unpaired) electrons. The van der Waals surface area contributed by atoms with Crippen LogP contribution in [-0.2, 0) is 4.74 Å². The third-order valence-electron chi connectivity index (χ3n) is 4.38. The number of anilines is 1. The highest BCUT2D eigenvalue weighted by Crippen LogP contribution is 2.44. The zero-order valence-electron chi connectivity index (χ0n) is 14.6. The largest absolute Gasteiger partial charge is 0.460 e. The van der Waals surface area contributed by atoms with Gasteiger partial charge in [0.2, 0.25) is 6.29 Å². The van der Waals surface area contributed by atoms with Gasteiger partial charge in [0, 0.05) is 18.6 Å². The molecule has 2 aromatic carbocycles. The van der Waals surface area contributed by atoms with Crippen molar-refractivity contribution >= 4 is 23.2 Å². The molecule has 4 rings (SSSR count). The van der Waals surface area contributed by atoms with Crippen molar-refractivity contribution in [1.82, 2.24) is 0 Å². The first kappa shape index (κ1) is 16.9. The Balaban J connectivity index is 1.68. The van der Waals surface area contributed by atoms with E-state index in [1.807, 2.05) is 50.4 Å². The molecule has 2 aliphatic rings. The van der Waals surface area contributed by atoms with Crippen molar-refractivity contribution in [2.75, 3.05) is 18.6 Å². The molecule has 0 bridgehead atoms. The molecular formula is C21H19NO3S. The Morgan fingerprint density at radius 3 is 2.73 bits per heavy atom. The molecule has 0 unspecified atom stereocenters. The predicted octanol–water partition coefficient (Wildman–Crippen LogP) is 4.63. The smallest absolute Gasteiger partial charge is 0.230 e. The lowest BCUT2D eigenvalue weighted by atomic mass is 9.99. The van der Waals surface area contributed by atoms with Crippen molar-refractivity contribution in [3.05, 3.63) is 76.8 Å². The summed E-state index contributed by atoms with van der Waals surface area (Å²) in [7, 11) is 2.03. The summed E-state index contributed by atoms with van der Waals surface area (Å²) in [5.41, 5.74) is 2.26. The number of carbonyl (C=O) groups excluding carboxylic acids is 1. The van der Waals surface area contributed by atoms with Crippen LogP contribution in [0.15, 0.2) is 76.2 Å². The highest BCUT2D eigenvalue weighted by Gasteiger charge is 2.32. The molecule has 0 spiro atoms. The van der Waals surface area contributed by atoms with E-state index in [0.717, 1.165) is 5.03 Å². The monoisotopic (exact) mass is 365 g/mol. The predicted molar refractivity (Wildman–Crippen MR) is 104 cm³/mol. The van der Waals surface area contributed by atoms with Crippen LogP contribution in [0.25, 0.3) is 0 Å².